The number of ether oxygens (including phenoxy) is 1. The van der Waals surface area contributed by atoms with Crippen molar-refractivity contribution in [2.75, 3.05) is 11.9 Å². The van der Waals surface area contributed by atoms with Crippen molar-refractivity contribution in [2.45, 2.75) is 13.0 Å². The van der Waals surface area contributed by atoms with Gasteiger partial charge in [0.1, 0.15) is 5.75 Å². The van der Waals surface area contributed by atoms with Crippen LogP contribution in [0.15, 0.2) is 48.5 Å². The molecule has 21 heavy (non-hydrogen) atoms. The predicted molar refractivity (Wildman–Crippen MR) is 84.5 cm³/mol. The van der Waals surface area contributed by atoms with Crippen LogP contribution in [-0.2, 0) is 11.3 Å². The summed E-state index contributed by atoms with van der Waals surface area (Å²) in [5, 5.41) is 3.26. The lowest BCUT2D eigenvalue weighted by Crippen LogP contribution is -2.15. The number of hydrogen-bond acceptors (Lipinski definition) is 3. The van der Waals surface area contributed by atoms with Crippen LogP contribution < -0.4 is 15.8 Å². The standard InChI is InChI=1S/C16H17ClN2O2/c17-14-6-1-2-7-15(14)19-16(20)8-9-21-13-5-3-4-12(10-13)11-18/h1-7,10H,8-9,11,18H2,(H,19,20). The van der Waals surface area contributed by atoms with Gasteiger partial charge in [-0.25, -0.2) is 0 Å². The topological polar surface area (TPSA) is 64.3 Å². The molecule has 0 unspecified atom stereocenters. The van der Waals surface area contributed by atoms with Crippen LogP contribution in [0.25, 0.3) is 0 Å². The lowest BCUT2D eigenvalue weighted by molar-refractivity contribution is -0.116. The average molecular weight is 305 g/mol. The van der Waals surface area contributed by atoms with E-state index < -0.39 is 0 Å². The maximum atomic E-state index is 11.8. The fourth-order valence-corrected chi connectivity index (χ4v) is 1.98. The van der Waals surface area contributed by atoms with Crippen molar-refractivity contribution in [1.82, 2.24) is 0 Å². The van der Waals surface area contributed by atoms with Crippen LogP contribution in [0.5, 0.6) is 5.75 Å². The largest absolute Gasteiger partial charge is 0.493 e. The molecule has 5 heteroatoms. The second-order valence-corrected chi connectivity index (χ2v) is 4.89. The Morgan fingerprint density at radius 3 is 2.76 bits per heavy atom. The number of benzene rings is 2. The summed E-state index contributed by atoms with van der Waals surface area (Å²) in [6.45, 7) is 0.758. The van der Waals surface area contributed by atoms with E-state index in [0.717, 1.165) is 5.56 Å². The van der Waals surface area contributed by atoms with Gasteiger partial charge in [-0.05, 0) is 29.8 Å². The second-order valence-electron chi connectivity index (χ2n) is 4.48. The molecule has 0 aliphatic carbocycles. The zero-order valence-electron chi connectivity index (χ0n) is 11.5. The molecular weight excluding hydrogens is 288 g/mol. The first-order chi connectivity index (χ1) is 10.2. The minimum absolute atomic E-state index is 0.141. The van der Waals surface area contributed by atoms with E-state index in [2.05, 4.69) is 5.32 Å². The van der Waals surface area contributed by atoms with Crippen molar-refractivity contribution in [3.05, 3.63) is 59.1 Å². The Hall–Kier alpha value is -2.04. The molecule has 110 valence electrons. The van der Waals surface area contributed by atoms with E-state index in [9.17, 15) is 4.79 Å². The van der Waals surface area contributed by atoms with Crippen LogP contribution in [0.1, 0.15) is 12.0 Å². The molecule has 0 saturated carbocycles. The van der Waals surface area contributed by atoms with Crippen molar-refractivity contribution in [3.63, 3.8) is 0 Å². The highest BCUT2D eigenvalue weighted by Gasteiger charge is 2.05. The molecule has 0 aliphatic heterocycles. The van der Waals surface area contributed by atoms with E-state index in [1.54, 1.807) is 12.1 Å². The van der Waals surface area contributed by atoms with Crippen molar-refractivity contribution >= 4 is 23.2 Å². The van der Waals surface area contributed by atoms with Gasteiger partial charge in [-0.1, -0.05) is 35.9 Å². The van der Waals surface area contributed by atoms with Gasteiger partial charge >= 0.3 is 0 Å². The number of nitrogens with one attached hydrogen (secondary N) is 1. The van der Waals surface area contributed by atoms with Gasteiger partial charge in [-0.3, -0.25) is 4.79 Å². The number of carbonyl (C=O) groups excluding carboxylic acids is 1. The fraction of sp³-hybridized carbons (Fsp3) is 0.188. The molecular formula is C16H17ClN2O2. The molecule has 0 aromatic heterocycles. The van der Waals surface area contributed by atoms with E-state index in [4.69, 9.17) is 22.1 Å². The van der Waals surface area contributed by atoms with Crippen LogP contribution in [0.4, 0.5) is 5.69 Å². The number of rotatable bonds is 6. The summed E-state index contributed by atoms with van der Waals surface area (Å²) in [5.74, 6) is 0.571. The summed E-state index contributed by atoms with van der Waals surface area (Å²) < 4.78 is 5.54. The van der Waals surface area contributed by atoms with Crippen molar-refractivity contribution in [3.8, 4) is 5.75 Å². The smallest absolute Gasteiger partial charge is 0.227 e. The molecule has 0 radical (unpaired) electrons. The molecule has 0 heterocycles. The SMILES string of the molecule is NCc1cccc(OCCC(=O)Nc2ccccc2Cl)c1. The Balaban J connectivity index is 1.80. The van der Waals surface area contributed by atoms with Crippen LogP contribution >= 0.6 is 11.6 Å². The minimum Gasteiger partial charge on any atom is -0.493 e. The van der Waals surface area contributed by atoms with Crippen molar-refractivity contribution in [1.29, 1.82) is 0 Å². The first-order valence-corrected chi connectivity index (χ1v) is 7.03. The molecule has 0 bridgehead atoms. The van der Waals surface area contributed by atoms with Crippen LogP contribution in [0, 0.1) is 0 Å². The minimum atomic E-state index is -0.141. The monoisotopic (exact) mass is 304 g/mol. The highest BCUT2D eigenvalue weighted by Crippen LogP contribution is 2.20. The molecule has 0 aliphatic rings. The lowest BCUT2D eigenvalue weighted by atomic mass is 10.2. The van der Waals surface area contributed by atoms with E-state index >= 15 is 0 Å². The summed E-state index contributed by atoms with van der Waals surface area (Å²) in [6, 6.07) is 14.6. The zero-order chi connectivity index (χ0) is 15.1. The zero-order valence-corrected chi connectivity index (χ0v) is 12.3. The maximum absolute atomic E-state index is 11.8. The Bertz CT molecular complexity index is 617. The van der Waals surface area contributed by atoms with E-state index in [-0.39, 0.29) is 12.3 Å². The van der Waals surface area contributed by atoms with Gasteiger partial charge in [0.2, 0.25) is 5.91 Å². The van der Waals surface area contributed by atoms with Gasteiger partial charge in [0.05, 0.1) is 23.7 Å². The number of nitrogens with two attached hydrogens (primary N) is 1. The summed E-state index contributed by atoms with van der Waals surface area (Å²) >= 11 is 5.97. The van der Waals surface area contributed by atoms with Gasteiger partial charge in [-0.15, -0.1) is 0 Å². The van der Waals surface area contributed by atoms with Gasteiger partial charge in [-0.2, -0.15) is 0 Å². The number of halogens is 1. The van der Waals surface area contributed by atoms with Gasteiger partial charge in [0.25, 0.3) is 0 Å². The third kappa shape index (κ3) is 4.77. The van der Waals surface area contributed by atoms with Crippen LogP contribution in [-0.4, -0.2) is 12.5 Å². The average Bonchev–Trinajstić information content (AvgIpc) is 2.50. The molecule has 0 atom stereocenters. The quantitative estimate of drug-likeness (QED) is 0.861. The predicted octanol–water partition coefficient (Wildman–Crippen LogP) is 3.21. The molecule has 1 amide bonds. The number of hydrogen-bond donors (Lipinski definition) is 2. The molecule has 3 N–H and O–H groups in total. The first-order valence-electron chi connectivity index (χ1n) is 6.65. The van der Waals surface area contributed by atoms with Crippen molar-refractivity contribution in [2.24, 2.45) is 5.73 Å². The number of para-hydroxylation sites is 1. The van der Waals surface area contributed by atoms with Crippen LogP contribution in [0.3, 0.4) is 0 Å². The molecule has 0 fully saturated rings. The Kier molecular flexibility index (Phi) is 5.60. The summed E-state index contributed by atoms with van der Waals surface area (Å²) in [4.78, 5) is 11.8. The summed E-state index contributed by atoms with van der Waals surface area (Å²) in [7, 11) is 0. The maximum Gasteiger partial charge on any atom is 0.227 e. The Morgan fingerprint density at radius 2 is 2.00 bits per heavy atom. The Labute approximate surface area is 128 Å². The molecule has 0 spiro atoms. The number of amides is 1. The van der Waals surface area contributed by atoms with Gasteiger partial charge < -0.3 is 15.8 Å². The normalized spacial score (nSPS) is 10.2. The van der Waals surface area contributed by atoms with Gasteiger partial charge in [0.15, 0.2) is 0 Å². The second kappa shape index (κ2) is 7.67. The lowest BCUT2D eigenvalue weighted by Gasteiger charge is -2.09. The van der Waals surface area contributed by atoms with Crippen LogP contribution in [0.2, 0.25) is 5.02 Å². The molecule has 0 saturated heterocycles. The summed E-state index contributed by atoms with van der Waals surface area (Å²) in [6.07, 6.45) is 0.248. The first kappa shape index (κ1) is 15.4. The van der Waals surface area contributed by atoms with E-state index in [1.165, 1.54) is 0 Å². The molecule has 2 rings (SSSR count). The molecule has 4 nitrogen and oxygen atoms in total. The van der Waals surface area contributed by atoms with Gasteiger partial charge in [0, 0.05) is 6.54 Å². The number of anilines is 1. The number of carbonyl (C=O) groups is 1. The van der Waals surface area contributed by atoms with Crippen molar-refractivity contribution < 1.29 is 9.53 Å². The third-order valence-electron chi connectivity index (χ3n) is 2.88. The Morgan fingerprint density at radius 1 is 1.19 bits per heavy atom. The summed E-state index contributed by atoms with van der Waals surface area (Å²) in [5.41, 5.74) is 7.16. The molecule has 2 aromatic carbocycles. The molecule has 2 aromatic rings. The fourth-order valence-electron chi connectivity index (χ4n) is 1.80. The third-order valence-corrected chi connectivity index (χ3v) is 3.21. The van der Waals surface area contributed by atoms with E-state index in [1.807, 2.05) is 36.4 Å². The highest BCUT2D eigenvalue weighted by atomic mass is 35.5. The van der Waals surface area contributed by atoms with E-state index in [0.29, 0.717) is 29.6 Å². The highest BCUT2D eigenvalue weighted by molar-refractivity contribution is 6.33.